The molecule has 0 saturated heterocycles. The Hall–Kier alpha value is -1.38. The van der Waals surface area contributed by atoms with Gasteiger partial charge in [0.2, 0.25) is 5.91 Å². The van der Waals surface area contributed by atoms with Gasteiger partial charge in [-0.15, -0.1) is 0 Å². The second-order valence-corrected chi connectivity index (χ2v) is 5.71. The van der Waals surface area contributed by atoms with Gasteiger partial charge in [-0.25, -0.2) is 4.39 Å². The molecule has 3 unspecified atom stereocenters. The Balaban J connectivity index is 1.58. The van der Waals surface area contributed by atoms with E-state index in [1.807, 2.05) is 6.92 Å². The molecule has 2 aliphatic rings. The molecule has 1 aromatic carbocycles. The highest BCUT2D eigenvalue weighted by molar-refractivity contribution is 5.79. The number of carbonyl (C=O) groups excluding carboxylic acids is 1. The smallest absolute Gasteiger partial charge is 0.223 e. The van der Waals surface area contributed by atoms with Gasteiger partial charge in [-0.05, 0) is 55.7 Å². The van der Waals surface area contributed by atoms with Gasteiger partial charge in [0.05, 0.1) is 6.04 Å². The lowest BCUT2D eigenvalue weighted by atomic mass is 10.0. The maximum atomic E-state index is 12.8. The van der Waals surface area contributed by atoms with Crippen LogP contribution in [0.25, 0.3) is 0 Å². The number of halogens is 1. The predicted octanol–water partition coefficient (Wildman–Crippen LogP) is 3.05. The van der Waals surface area contributed by atoms with Crippen molar-refractivity contribution in [3.63, 3.8) is 0 Å². The molecule has 2 nitrogen and oxygen atoms in total. The van der Waals surface area contributed by atoms with Crippen LogP contribution in [0.3, 0.4) is 0 Å². The van der Waals surface area contributed by atoms with E-state index in [-0.39, 0.29) is 23.7 Å². The molecule has 0 bridgehead atoms. The molecule has 0 aromatic heterocycles. The van der Waals surface area contributed by atoms with Crippen molar-refractivity contribution in [3.05, 3.63) is 35.6 Å². The number of fused-ring (bicyclic) bond motifs is 1. The molecular weight excluding hydrogens is 229 g/mol. The minimum Gasteiger partial charge on any atom is -0.349 e. The largest absolute Gasteiger partial charge is 0.349 e. The Morgan fingerprint density at radius 2 is 1.83 bits per heavy atom. The van der Waals surface area contributed by atoms with Crippen LogP contribution < -0.4 is 5.32 Å². The summed E-state index contributed by atoms with van der Waals surface area (Å²) >= 11 is 0. The molecule has 2 fully saturated rings. The van der Waals surface area contributed by atoms with Crippen LogP contribution in [0.5, 0.6) is 0 Å². The summed E-state index contributed by atoms with van der Waals surface area (Å²) in [6.45, 7) is 1.95. The van der Waals surface area contributed by atoms with Crippen molar-refractivity contribution in [2.75, 3.05) is 0 Å². The average molecular weight is 247 g/mol. The first-order valence-corrected chi connectivity index (χ1v) is 6.69. The molecule has 1 amide bonds. The Kier molecular flexibility index (Phi) is 2.84. The van der Waals surface area contributed by atoms with Crippen LogP contribution in [0.15, 0.2) is 24.3 Å². The van der Waals surface area contributed by atoms with Gasteiger partial charge in [-0.2, -0.15) is 0 Å². The van der Waals surface area contributed by atoms with Crippen molar-refractivity contribution in [1.82, 2.24) is 5.32 Å². The second-order valence-electron chi connectivity index (χ2n) is 5.71. The van der Waals surface area contributed by atoms with Crippen molar-refractivity contribution in [2.24, 2.45) is 17.8 Å². The molecule has 0 aliphatic heterocycles. The Labute approximate surface area is 107 Å². The normalized spacial score (nSPS) is 30.7. The molecule has 1 N–H and O–H groups in total. The summed E-state index contributed by atoms with van der Waals surface area (Å²) < 4.78 is 12.8. The minimum absolute atomic E-state index is 0.0463. The number of rotatable bonds is 3. The molecule has 3 rings (SSSR count). The molecule has 0 radical (unpaired) electrons. The number of nitrogens with one attached hydrogen (secondary N) is 1. The average Bonchev–Trinajstić information content (AvgIpc) is 2.96. The third kappa shape index (κ3) is 2.26. The highest BCUT2D eigenvalue weighted by Gasteiger charge is 2.48. The quantitative estimate of drug-likeness (QED) is 0.874. The summed E-state index contributed by atoms with van der Waals surface area (Å²) in [6, 6.07) is 6.28. The highest BCUT2D eigenvalue weighted by Crippen LogP contribution is 2.54. The maximum Gasteiger partial charge on any atom is 0.223 e. The van der Waals surface area contributed by atoms with Gasteiger partial charge in [0.25, 0.3) is 0 Å². The summed E-state index contributed by atoms with van der Waals surface area (Å²) in [6.07, 6.45) is 3.45. The number of amides is 1. The van der Waals surface area contributed by atoms with E-state index in [4.69, 9.17) is 0 Å². The molecular formula is C15H18FNO. The second kappa shape index (κ2) is 4.38. The van der Waals surface area contributed by atoms with Gasteiger partial charge < -0.3 is 5.32 Å². The van der Waals surface area contributed by atoms with Gasteiger partial charge in [-0.1, -0.05) is 12.1 Å². The molecule has 0 spiro atoms. The fourth-order valence-electron chi connectivity index (χ4n) is 3.09. The summed E-state index contributed by atoms with van der Waals surface area (Å²) in [4.78, 5) is 12.1. The fraction of sp³-hybridized carbons (Fsp3) is 0.533. The van der Waals surface area contributed by atoms with Crippen molar-refractivity contribution in [2.45, 2.75) is 32.2 Å². The number of hydrogen-bond donors (Lipinski definition) is 1. The van der Waals surface area contributed by atoms with Gasteiger partial charge in [0, 0.05) is 5.92 Å². The summed E-state index contributed by atoms with van der Waals surface area (Å²) in [5.74, 6) is 1.77. The standard InChI is InChI=1S/C15H18FNO/c1-9(10-2-4-14(16)5-3-10)17-15(18)13-7-11-6-12(11)8-13/h2-5,9,11-13H,6-8H2,1H3,(H,17,18). The molecule has 2 saturated carbocycles. The number of carbonyl (C=O) groups is 1. The van der Waals surface area contributed by atoms with E-state index in [1.54, 1.807) is 12.1 Å². The van der Waals surface area contributed by atoms with Crippen LogP contribution >= 0.6 is 0 Å². The van der Waals surface area contributed by atoms with E-state index >= 15 is 0 Å². The van der Waals surface area contributed by atoms with Crippen LogP contribution in [0, 0.1) is 23.6 Å². The van der Waals surface area contributed by atoms with Gasteiger partial charge in [0.15, 0.2) is 0 Å². The zero-order valence-electron chi connectivity index (χ0n) is 10.5. The molecule has 0 heterocycles. The van der Waals surface area contributed by atoms with E-state index in [2.05, 4.69) is 5.32 Å². The van der Waals surface area contributed by atoms with E-state index in [1.165, 1.54) is 18.6 Å². The lowest BCUT2D eigenvalue weighted by molar-refractivity contribution is -0.125. The summed E-state index contributed by atoms with van der Waals surface area (Å²) in [5.41, 5.74) is 0.952. The maximum absolute atomic E-state index is 12.8. The SMILES string of the molecule is CC(NC(=O)C1CC2CC2C1)c1ccc(F)cc1. The first kappa shape index (κ1) is 11.7. The van der Waals surface area contributed by atoms with Crippen molar-refractivity contribution in [1.29, 1.82) is 0 Å². The lowest BCUT2D eigenvalue weighted by Crippen LogP contribution is -2.32. The van der Waals surface area contributed by atoms with Gasteiger partial charge in [-0.3, -0.25) is 4.79 Å². The molecule has 18 heavy (non-hydrogen) atoms. The monoisotopic (exact) mass is 247 g/mol. The number of benzene rings is 1. The Morgan fingerprint density at radius 3 is 2.44 bits per heavy atom. The summed E-state index contributed by atoms with van der Waals surface area (Å²) in [5, 5.41) is 3.04. The minimum atomic E-state index is -0.242. The van der Waals surface area contributed by atoms with Crippen LogP contribution in [0.1, 0.15) is 37.8 Å². The van der Waals surface area contributed by atoms with E-state index in [9.17, 15) is 9.18 Å². The predicted molar refractivity (Wildman–Crippen MR) is 67.3 cm³/mol. The fourth-order valence-corrected chi connectivity index (χ4v) is 3.09. The molecule has 1 aromatic rings. The van der Waals surface area contributed by atoms with Gasteiger partial charge in [0.1, 0.15) is 5.82 Å². The third-order valence-corrected chi connectivity index (χ3v) is 4.34. The van der Waals surface area contributed by atoms with Crippen LogP contribution in [0.4, 0.5) is 4.39 Å². The van der Waals surface area contributed by atoms with E-state index < -0.39 is 0 Å². The molecule has 2 aliphatic carbocycles. The van der Waals surface area contributed by atoms with Crippen molar-refractivity contribution in [3.8, 4) is 0 Å². The molecule has 3 heteroatoms. The van der Waals surface area contributed by atoms with Crippen LogP contribution in [-0.4, -0.2) is 5.91 Å². The lowest BCUT2D eigenvalue weighted by Gasteiger charge is -2.18. The zero-order valence-corrected chi connectivity index (χ0v) is 10.5. The first-order chi connectivity index (χ1) is 8.63. The van der Waals surface area contributed by atoms with E-state index in [0.29, 0.717) is 0 Å². The molecule has 96 valence electrons. The zero-order chi connectivity index (χ0) is 12.7. The highest BCUT2D eigenvalue weighted by atomic mass is 19.1. The topological polar surface area (TPSA) is 29.1 Å². The van der Waals surface area contributed by atoms with Crippen LogP contribution in [-0.2, 0) is 4.79 Å². The molecule has 3 atom stereocenters. The first-order valence-electron chi connectivity index (χ1n) is 6.69. The van der Waals surface area contributed by atoms with Gasteiger partial charge >= 0.3 is 0 Å². The summed E-state index contributed by atoms with van der Waals surface area (Å²) in [7, 11) is 0. The van der Waals surface area contributed by atoms with E-state index in [0.717, 1.165) is 30.2 Å². The third-order valence-electron chi connectivity index (χ3n) is 4.34. The van der Waals surface area contributed by atoms with Crippen molar-refractivity contribution < 1.29 is 9.18 Å². The number of hydrogen-bond acceptors (Lipinski definition) is 1. The Bertz CT molecular complexity index is 446. The van der Waals surface area contributed by atoms with Crippen molar-refractivity contribution >= 4 is 5.91 Å². The van der Waals surface area contributed by atoms with Crippen LogP contribution in [0.2, 0.25) is 0 Å². The Morgan fingerprint density at radius 1 is 1.22 bits per heavy atom.